The van der Waals surface area contributed by atoms with Crippen LogP contribution in [0.3, 0.4) is 0 Å². The third-order valence-corrected chi connectivity index (χ3v) is 14.7. The lowest BCUT2D eigenvalue weighted by Crippen LogP contribution is -2.56. The maximum absolute atomic E-state index is 2.54. The van der Waals surface area contributed by atoms with E-state index in [-0.39, 0.29) is 13.4 Å². The van der Waals surface area contributed by atoms with E-state index in [9.17, 15) is 0 Å². The monoisotopic (exact) mass is 842 g/mol. The van der Waals surface area contributed by atoms with E-state index < -0.39 is 0 Å². The second-order valence-corrected chi connectivity index (χ2v) is 18.3. The van der Waals surface area contributed by atoms with Crippen LogP contribution in [0.2, 0.25) is 0 Å². The average Bonchev–Trinajstić information content (AvgIpc) is 4.03. The van der Waals surface area contributed by atoms with Gasteiger partial charge in [0.1, 0.15) is 0 Å². The predicted molar refractivity (Wildman–Crippen MR) is 283 cm³/mol. The third-order valence-electron chi connectivity index (χ3n) is 13.5. The van der Waals surface area contributed by atoms with Gasteiger partial charge in [-0.2, -0.15) is 0 Å². The highest BCUT2D eigenvalue weighted by atomic mass is 32.1. The fourth-order valence-electron chi connectivity index (χ4n) is 10.8. The Balaban J connectivity index is 1.14. The molecular weight excluding hydrogens is 802 g/mol. The summed E-state index contributed by atoms with van der Waals surface area (Å²) in [4.78, 5) is 0. The first kappa shape index (κ1) is 37.7. The molecule has 5 heteroatoms. The highest BCUT2D eigenvalue weighted by Crippen LogP contribution is 2.43. The molecule has 13 rings (SSSR count). The van der Waals surface area contributed by atoms with Crippen LogP contribution in [0.25, 0.3) is 75.2 Å². The molecule has 0 unspecified atom stereocenters. The molecule has 13 aromatic rings. The summed E-state index contributed by atoms with van der Waals surface area (Å²) >= 11 is 1.87. The summed E-state index contributed by atoms with van der Waals surface area (Å²) < 4.78 is 7.69. The molecule has 0 amide bonds. The molecule has 0 N–H and O–H groups in total. The molecule has 0 saturated heterocycles. The second kappa shape index (κ2) is 15.4. The van der Waals surface area contributed by atoms with E-state index in [0.717, 1.165) is 5.69 Å². The Bertz CT molecular complexity index is 3710. The first-order chi connectivity index (χ1) is 32.3. The van der Waals surface area contributed by atoms with Crippen molar-refractivity contribution in [2.24, 2.45) is 0 Å². The number of hydrogen-bond donors (Lipinski definition) is 0. The van der Waals surface area contributed by atoms with E-state index in [1.54, 1.807) is 0 Å². The first-order valence-electron chi connectivity index (χ1n) is 22.5. The Hall–Kier alpha value is -7.85. The number of aromatic nitrogens is 2. The minimum absolute atomic E-state index is 0.00808. The SMILES string of the molecule is c1ccc(B(c2ccccc2)c2cc(B(c3ccccc3)c3ccccc3)cc(-n3c4ccccc4c4c3ccc3c5ccccc5n(-c5ccc6sc7ccccc7c6c5)c34)c2)cc1. The van der Waals surface area contributed by atoms with E-state index in [4.69, 9.17) is 0 Å². The normalized spacial score (nSPS) is 11.7. The summed E-state index contributed by atoms with van der Waals surface area (Å²) in [6.45, 7) is 0.0162. The summed E-state index contributed by atoms with van der Waals surface area (Å²) in [6, 6.07) is 90.0. The van der Waals surface area contributed by atoms with Crippen molar-refractivity contribution in [2.75, 3.05) is 0 Å². The molecule has 0 radical (unpaired) electrons. The summed E-state index contributed by atoms with van der Waals surface area (Å²) in [5.41, 5.74) is 14.7. The lowest BCUT2D eigenvalue weighted by atomic mass is 9.33. The van der Waals surface area contributed by atoms with Crippen LogP contribution in [0.1, 0.15) is 0 Å². The van der Waals surface area contributed by atoms with Gasteiger partial charge in [0.25, 0.3) is 0 Å². The van der Waals surface area contributed by atoms with Crippen LogP contribution < -0.4 is 32.8 Å². The van der Waals surface area contributed by atoms with Crippen LogP contribution in [0.4, 0.5) is 0 Å². The zero-order chi connectivity index (χ0) is 42.8. The number of benzene rings is 10. The van der Waals surface area contributed by atoms with Crippen LogP contribution in [0.5, 0.6) is 0 Å². The molecule has 0 spiro atoms. The Morgan fingerprint density at radius 2 is 0.754 bits per heavy atom. The van der Waals surface area contributed by atoms with Crippen molar-refractivity contribution in [2.45, 2.75) is 0 Å². The molecule has 0 fully saturated rings. The van der Waals surface area contributed by atoms with E-state index in [1.165, 1.54) is 102 Å². The van der Waals surface area contributed by atoms with Gasteiger partial charge in [-0.1, -0.05) is 221 Å². The molecular formula is C60H40B2N2S. The van der Waals surface area contributed by atoms with Crippen LogP contribution in [-0.2, 0) is 0 Å². The van der Waals surface area contributed by atoms with Gasteiger partial charge in [0.05, 0.1) is 22.1 Å². The van der Waals surface area contributed by atoms with Crippen LogP contribution in [-0.4, -0.2) is 22.6 Å². The molecule has 0 aliphatic heterocycles. The molecule has 0 bridgehead atoms. The number of fused-ring (bicyclic) bond motifs is 10. The lowest BCUT2D eigenvalue weighted by molar-refractivity contribution is 1.18. The van der Waals surface area contributed by atoms with Crippen molar-refractivity contribution in [3.63, 3.8) is 0 Å². The Morgan fingerprint density at radius 1 is 0.277 bits per heavy atom. The van der Waals surface area contributed by atoms with Gasteiger partial charge in [-0.25, -0.2) is 0 Å². The van der Waals surface area contributed by atoms with Gasteiger partial charge >= 0.3 is 0 Å². The Labute approximate surface area is 382 Å². The van der Waals surface area contributed by atoms with Crippen molar-refractivity contribution in [1.82, 2.24) is 9.13 Å². The van der Waals surface area contributed by atoms with E-state index >= 15 is 0 Å². The molecule has 0 saturated carbocycles. The van der Waals surface area contributed by atoms with Crippen molar-refractivity contribution in [3.05, 3.63) is 243 Å². The van der Waals surface area contributed by atoms with Gasteiger partial charge in [0, 0.05) is 53.1 Å². The number of thiophene rings is 1. The summed E-state index contributed by atoms with van der Waals surface area (Å²) in [7, 11) is 0. The fraction of sp³-hybridized carbons (Fsp3) is 0. The predicted octanol–water partition coefficient (Wildman–Crippen LogP) is 11.3. The highest BCUT2D eigenvalue weighted by molar-refractivity contribution is 7.25. The smallest absolute Gasteiger partial charge is 0.241 e. The molecule has 0 aliphatic rings. The van der Waals surface area contributed by atoms with Gasteiger partial charge in [-0.3, -0.25) is 0 Å². The van der Waals surface area contributed by atoms with Crippen LogP contribution >= 0.6 is 11.3 Å². The van der Waals surface area contributed by atoms with E-state index in [1.807, 2.05) is 11.3 Å². The standard InChI is InChI=1S/C60H40B2N2S/c1-5-19-41(20-6-1)61(42-21-7-2-8-22-42)45-37-46(62(43-23-9-3-10-24-43)44-25-11-4-12-26-44)39-48(38-45)63-55-31-17-14-29-52(55)59-56(63)35-34-51-49-27-13-16-30-54(49)64(60(51)59)47-33-36-58-53(40-47)50-28-15-18-32-57(50)65-58/h1-40H. The second-order valence-electron chi connectivity index (χ2n) is 17.2. The summed E-state index contributed by atoms with van der Waals surface area (Å²) in [6.07, 6.45) is 0. The largest absolute Gasteiger partial charge is 0.309 e. The van der Waals surface area contributed by atoms with Gasteiger partial charge in [0.15, 0.2) is 0 Å². The van der Waals surface area contributed by atoms with Gasteiger partial charge in [-0.15, -0.1) is 11.3 Å². The number of nitrogens with zero attached hydrogens (tertiary/aromatic N) is 2. The number of para-hydroxylation sites is 2. The topological polar surface area (TPSA) is 9.86 Å². The number of rotatable bonds is 8. The van der Waals surface area contributed by atoms with Crippen molar-refractivity contribution >= 4 is 121 Å². The maximum atomic E-state index is 2.54. The van der Waals surface area contributed by atoms with Gasteiger partial charge in [-0.05, 0) is 54.6 Å². The molecule has 302 valence electrons. The van der Waals surface area contributed by atoms with Crippen molar-refractivity contribution in [3.8, 4) is 11.4 Å². The zero-order valence-electron chi connectivity index (χ0n) is 35.6. The van der Waals surface area contributed by atoms with E-state index in [0.29, 0.717) is 0 Å². The molecule has 3 aromatic heterocycles. The fourth-order valence-corrected chi connectivity index (χ4v) is 11.9. The van der Waals surface area contributed by atoms with Gasteiger partial charge < -0.3 is 9.13 Å². The Kier molecular flexibility index (Phi) is 8.95. The first-order valence-corrected chi connectivity index (χ1v) is 23.3. The summed E-state index contributed by atoms with van der Waals surface area (Å²) in [5.74, 6) is 0. The molecule has 65 heavy (non-hydrogen) atoms. The molecule has 0 aliphatic carbocycles. The molecule has 10 aromatic carbocycles. The highest BCUT2D eigenvalue weighted by Gasteiger charge is 2.29. The minimum Gasteiger partial charge on any atom is -0.309 e. The zero-order valence-corrected chi connectivity index (χ0v) is 36.4. The van der Waals surface area contributed by atoms with Crippen LogP contribution in [0, 0.1) is 0 Å². The van der Waals surface area contributed by atoms with Gasteiger partial charge in [0.2, 0.25) is 13.4 Å². The van der Waals surface area contributed by atoms with Crippen molar-refractivity contribution < 1.29 is 0 Å². The molecule has 0 atom stereocenters. The van der Waals surface area contributed by atoms with Crippen molar-refractivity contribution in [1.29, 1.82) is 0 Å². The molecule has 2 nitrogen and oxygen atoms in total. The van der Waals surface area contributed by atoms with Crippen LogP contribution in [0.15, 0.2) is 243 Å². The quantitative estimate of drug-likeness (QED) is 0.135. The summed E-state index contributed by atoms with van der Waals surface area (Å²) in [5, 5.41) is 7.59. The third kappa shape index (κ3) is 6.19. The van der Waals surface area contributed by atoms with E-state index in [2.05, 4.69) is 252 Å². The average molecular weight is 843 g/mol. The maximum Gasteiger partial charge on any atom is 0.241 e. The lowest BCUT2D eigenvalue weighted by Gasteiger charge is -2.22. The number of hydrogen-bond acceptors (Lipinski definition) is 1. The molecule has 3 heterocycles. The Morgan fingerprint density at radius 3 is 1.34 bits per heavy atom. The minimum atomic E-state index is 0.00808.